The molecule has 1 atom stereocenters. The molecule has 0 bridgehead atoms. The Morgan fingerprint density at radius 1 is 1.29 bits per heavy atom. The summed E-state index contributed by atoms with van der Waals surface area (Å²) in [5.74, 6) is 1.70. The first-order valence-corrected chi connectivity index (χ1v) is 11.3. The maximum absolute atomic E-state index is 12.2. The number of rotatable bonds is 8. The van der Waals surface area contributed by atoms with E-state index in [-0.39, 0.29) is 5.91 Å². The predicted molar refractivity (Wildman–Crippen MR) is 114 cm³/mol. The number of benzene rings is 1. The molecule has 2 N–H and O–H groups in total. The standard InChI is InChI=1S/C20H23N5OS2/c26-19(14-28-20-22-18(23-24-20)11-17-7-4-10-27-17)21-12-15-8-9-25(13-15)16-5-2-1-3-6-16/h1-7,10,15H,8-9,11-14H2,(H,21,26)(H,22,23,24). The minimum atomic E-state index is 0.0350. The van der Waals surface area contributed by atoms with Gasteiger partial charge in [0, 0.05) is 36.6 Å². The molecule has 4 rings (SSSR count). The lowest BCUT2D eigenvalue weighted by Crippen LogP contribution is -2.32. The molecule has 28 heavy (non-hydrogen) atoms. The average molecular weight is 414 g/mol. The Morgan fingerprint density at radius 3 is 3.00 bits per heavy atom. The van der Waals surface area contributed by atoms with Crippen LogP contribution >= 0.6 is 23.1 Å². The molecule has 0 aliphatic carbocycles. The van der Waals surface area contributed by atoms with Crippen LogP contribution in [0, 0.1) is 5.92 Å². The highest BCUT2D eigenvalue weighted by Crippen LogP contribution is 2.23. The molecule has 3 heterocycles. The van der Waals surface area contributed by atoms with E-state index in [1.54, 1.807) is 11.3 Å². The Hall–Kier alpha value is -2.32. The third-order valence-electron chi connectivity index (χ3n) is 4.76. The molecule has 2 aromatic heterocycles. The van der Waals surface area contributed by atoms with Gasteiger partial charge in [0.05, 0.1) is 5.75 Å². The number of nitrogens with one attached hydrogen (secondary N) is 2. The van der Waals surface area contributed by atoms with Crippen molar-refractivity contribution in [3.63, 3.8) is 0 Å². The number of carbonyl (C=O) groups excluding carboxylic acids is 1. The highest BCUT2D eigenvalue weighted by atomic mass is 32.2. The minimum absolute atomic E-state index is 0.0350. The monoisotopic (exact) mass is 413 g/mol. The molecule has 1 amide bonds. The van der Waals surface area contributed by atoms with Crippen molar-refractivity contribution in [2.24, 2.45) is 5.92 Å². The molecular weight excluding hydrogens is 390 g/mol. The molecule has 1 aliphatic heterocycles. The van der Waals surface area contributed by atoms with E-state index in [4.69, 9.17) is 0 Å². The maximum atomic E-state index is 12.2. The van der Waals surface area contributed by atoms with Crippen molar-refractivity contribution >= 4 is 34.7 Å². The first-order chi connectivity index (χ1) is 13.8. The predicted octanol–water partition coefficient (Wildman–Crippen LogP) is 3.19. The summed E-state index contributed by atoms with van der Waals surface area (Å²) in [5.41, 5.74) is 1.26. The van der Waals surface area contributed by atoms with Crippen molar-refractivity contribution in [3.8, 4) is 0 Å². The summed E-state index contributed by atoms with van der Waals surface area (Å²) in [6.45, 7) is 2.76. The van der Waals surface area contributed by atoms with Gasteiger partial charge in [-0.15, -0.1) is 16.4 Å². The summed E-state index contributed by atoms with van der Waals surface area (Å²) in [6, 6.07) is 14.6. The second kappa shape index (κ2) is 9.25. The number of aromatic amines is 1. The minimum Gasteiger partial charge on any atom is -0.371 e. The molecule has 6 nitrogen and oxygen atoms in total. The fraction of sp³-hybridized carbons (Fsp3) is 0.350. The van der Waals surface area contributed by atoms with Gasteiger partial charge in [-0.2, -0.15) is 0 Å². The topological polar surface area (TPSA) is 73.9 Å². The summed E-state index contributed by atoms with van der Waals surface area (Å²) < 4.78 is 0. The van der Waals surface area contributed by atoms with Gasteiger partial charge in [-0.1, -0.05) is 36.0 Å². The summed E-state index contributed by atoms with van der Waals surface area (Å²) in [4.78, 5) is 20.3. The molecule has 3 aromatic rings. The van der Waals surface area contributed by atoms with Crippen LogP contribution in [0.25, 0.3) is 0 Å². The summed E-state index contributed by atoms with van der Waals surface area (Å²) in [7, 11) is 0. The lowest BCUT2D eigenvalue weighted by molar-refractivity contribution is -0.118. The van der Waals surface area contributed by atoms with Crippen LogP contribution in [0.4, 0.5) is 5.69 Å². The smallest absolute Gasteiger partial charge is 0.230 e. The van der Waals surface area contributed by atoms with Crippen LogP contribution in [-0.2, 0) is 11.2 Å². The molecule has 0 radical (unpaired) electrons. The molecule has 1 fully saturated rings. The van der Waals surface area contributed by atoms with Gasteiger partial charge in [0.1, 0.15) is 5.82 Å². The first kappa shape index (κ1) is 19.0. The number of amides is 1. The Bertz CT molecular complexity index is 881. The van der Waals surface area contributed by atoms with Crippen LogP contribution in [0.5, 0.6) is 0 Å². The van der Waals surface area contributed by atoms with Gasteiger partial charge >= 0.3 is 0 Å². The van der Waals surface area contributed by atoms with E-state index in [2.05, 4.69) is 61.1 Å². The zero-order valence-electron chi connectivity index (χ0n) is 15.5. The quantitative estimate of drug-likeness (QED) is 0.555. The van der Waals surface area contributed by atoms with Crippen molar-refractivity contribution in [3.05, 3.63) is 58.5 Å². The van der Waals surface area contributed by atoms with Crippen molar-refractivity contribution in [1.82, 2.24) is 20.5 Å². The van der Waals surface area contributed by atoms with Crippen LogP contribution in [0.2, 0.25) is 0 Å². The number of aromatic nitrogens is 3. The molecule has 1 saturated heterocycles. The Labute approximate surface area is 172 Å². The van der Waals surface area contributed by atoms with Crippen LogP contribution in [-0.4, -0.2) is 46.5 Å². The highest BCUT2D eigenvalue weighted by Gasteiger charge is 2.23. The number of thiophene rings is 1. The second-order valence-electron chi connectivity index (χ2n) is 6.85. The number of carbonyl (C=O) groups is 1. The Kier molecular flexibility index (Phi) is 6.28. The van der Waals surface area contributed by atoms with E-state index in [1.165, 1.54) is 22.3 Å². The fourth-order valence-corrected chi connectivity index (χ4v) is 4.67. The zero-order chi connectivity index (χ0) is 19.2. The largest absolute Gasteiger partial charge is 0.371 e. The normalized spacial score (nSPS) is 16.4. The van der Waals surface area contributed by atoms with Crippen LogP contribution < -0.4 is 10.2 Å². The molecule has 1 unspecified atom stereocenters. The van der Waals surface area contributed by atoms with Gasteiger partial charge in [-0.05, 0) is 35.9 Å². The van der Waals surface area contributed by atoms with Crippen molar-refractivity contribution in [2.45, 2.75) is 18.0 Å². The zero-order valence-corrected chi connectivity index (χ0v) is 17.1. The van der Waals surface area contributed by atoms with Crippen LogP contribution in [0.3, 0.4) is 0 Å². The highest BCUT2D eigenvalue weighted by molar-refractivity contribution is 7.99. The number of H-pyrrole nitrogens is 1. The summed E-state index contributed by atoms with van der Waals surface area (Å²) in [5, 5.41) is 12.9. The number of nitrogens with zero attached hydrogens (tertiary/aromatic N) is 3. The molecule has 8 heteroatoms. The lowest BCUT2D eigenvalue weighted by Gasteiger charge is -2.18. The third kappa shape index (κ3) is 5.14. The van der Waals surface area contributed by atoms with E-state index in [9.17, 15) is 4.79 Å². The fourth-order valence-electron chi connectivity index (χ4n) is 3.31. The van der Waals surface area contributed by atoms with Crippen molar-refractivity contribution in [1.29, 1.82) is 0 Å². The van der Waals surface area contributed by atoms with Crippen molar-refractivity contribution < 1.29 is 4.79 Å². The van der Waals surface area contributed by atoms with Gasteiger partial charge in [0.15, 0.2) is 0 Å². The second-order valence-corrected chi connectivity index (χ2v) is 8.82. The van der Waals surface area contributed by atoms with Gasteiger partial charge < -0.3 is 10.2 Å². The number of hydrogen-bond acceptors (Lipinski definition) is 6. The lowest BCUT2D eigenvalue weighted by atomic mass is 10.1. The van der Waals surface area contributed by atoms with Crippen LogP contribution in [0.1, 0.15) is 17.1 Å². The maximum Gasteiger partial charge on any atom is 0.230 e. The number of para-hydroxylation sites is 1. The van der Waals surface area contributed by atoms with E-state index in [0.29, 0.717) is 16.8 Å². The molecule has 0 saturated carbocycles. The van der Waals surface area contributed by atoms with E-state index < -0.39 is 0 Å². The van der Waals surface area contributed by atoms with Gasteiger partial charge in [0.2, 0.25) is 11.1 Å². The third-order valence-corrected chi connectivity index (χ3v) is 6.48. The van der Waals surface area contributed by atoms with E-state index in [0.717, 1.165) is 38.3 Å². The van der Waals surface area contributed by atoms with E-state index >= 15 is 0 Å². The van der Waals surface area contributed by atoms with Crippen molar-refractivity contribution in [2.75, 3.05) is 30.3 Å². The molecule has 1 aliphatic rings. The molecular formula is C20H23N5OS2. The molecule has 1 aromatic carbocycles. The summed E-state index contributed by atoms with van der Waals surface area (Å²) in [6.07, 6.45) is 1.85. The number of thioether (sulfide) groups is 1. The molecule has 0 spiro atoms. The van der Waals surface area contributed by atoms with Gasteiger partial charge in [-0.25, -0.2) is 4.98 Å². The molecule has 146 valence electrons. The first-order valence-electron chi connectivity index (χ1n) is 9.39. The number of anilines is 1. The van der Waals surface area contributed by atoms with Gasteiger partial charge in [-0.3, -0.25) is 9.89 Å². The van der Waals surface area contributed by atoms with Crippen LogP contribution in [0.15, 0.2) is 53.0 Å². The SMILES string of the molecule is O=C(CSc1n[nH]c(Cc2cccs2)n1)NCC1CCN(c2ccccc2)C1. The Balaban J connectivity index is 1.17. The number of hydrogen-bond donors (Lipinski definition) is 2. The summed E-state index contributed by atoms with van der Waals surface area (Å²) >= 11 is 3.07. The van der Waals surface area contributed by atoms with E-state index in [1.807, 2.05) is 12.1 Å². The average Bonchev–Trinajstić information content (AvgIpc) is 3.48. The van der Waals surface area contributed by atoms with Gasteiger partial charge in [0.25, 0.3) is 0 Å². The Morgan fingerprint density at radius 2 is 2.18 bits per heavy atom.